The van der Waals surface area contributed by atoms with Crippen molar-refractivity contribution in [3.05, 3.63) is 0 Å². The third kappa shape index (κ3) is 34.3. The smallest absolute Gasteiger partial charge is 0.220 e. The molecule has 0 aliphatic carbocycles. The number of unbranched alkanes of at least 4 members (excludes halogenated alkanes) is 24. The molecule has 116 heavy (non-hydrogen) atoms. The van der Waals surface area contributed by atoms with Gasteiger partial charge in [-0.05, 0) is 25.7 Å². The number of carbonyl (C=O) groups excluding carboxylic acids is 2. The maximum atomic E-state index is 12.4. The van der Waals surface area contributed by atoms with Crippen molar-refractivity contribution in [3.8, 4) is 0 Å². The molecule has 0 bridgehead atoms. The number of ether oxygens (including phenoxy) is 14. The Morgan fingerprint density at radius 1 is 0.250 bits per heavy atom. The summed E-state index contributed by atoms with van der Waals surface area (Å²) in [5.74, 6) is 2.34. The first-order chi connectivity index (χ1) is 56.0. The van der Waals surface area contributed by atoms with Gasteiger partial charge in [-0.1, -0.05) is 163 Å². The van der Waals surface area contributed by atoms with Crippen LogP contribution in [0.25, 0.3) is 0 Å². The molecule has 30 atom stereocenters. The van der Waals surface area contributed by atoms with Gasteiger partial charge in [-0.3, -0.25) is 9.59 Å². The molecule has 2 amide bonds. The van der Waals surface area contributed by atoms with Crippen LogP contribution in [0.3, 0.4) is 0 Å². The number of aliphatic hydroxyl groups excluding tert-OH is 20. The van der Waals surface area contributed by atoms with Gasteiger partial charge in [-0.15, -0.1) is 0 Å². The Labute approximate surface area is 687 Å². The van der Waals surface area contributed by atoms with Crippen LogP contribution >= 0.6 is 21.6 Å². The number of aliphatic hydroxyl groups is 20. The molecule has 0 radical (unpaired) electrons. The summed E-state index contributed by atoms with van der Waals surface area (Å²) in [5, 5.41) is 214. The van der Waals surface area contributed by atoms with Gasteiger partial charge in [0.25, 0.3) is 0 Å². The molecule has 22 N–H and O–H groups in total. The van der Waals surface area contributed by atoms with Gasteiger partial charge >= 0.3 is 0 Å². The SMILES string of the molecule is O=C(CCCCCCCCCCCCCCCSSCCCCCCCCCCCCCCCC(=O)NCCOCCO[C@@H]1O[C@H](CO)[C@@H](O[C@@H]2O[C@H](CO)[C@H](O[C@H]3O[C@H](CO)[C@H](O)[C@H](O)[C@H]3O)[C@H](O)[C@H]2O)[C@H](O)[C@H]1O)NCCOCCO[C@@H]1O[C@H](CO)[C@@H](O[C@@H]2O[C@H](CO)[C@H](O[C@H]3O[C@H](CO)[C@H](O)[C@H](O)[C@H]3O)[C@H](O)[C@H]2O)[C@H](O)[C@H]1O. The van der Waals surface area contributed by atoms with E-state index in [9.17, 15) is 112 Å². The molecule has 6 fully saturated rings. The highest BCUT2D eigenvalue weighted by molar-refractivity contribution is 8.76. The maximum absolute atomic E-state index is 12.4. The third-order valence-corrected chi connectivity index (χ3v) is 24.2. The highest BCUT2D eigenvalue weighted by Crippen LogP contribution is 2.36. The summed E-state index contributed by atoms with van der Waals surface area (Å²) in [4.78, 5) is 24.8. The summed E-state index contributed by atoms with van der Waals surface area (Å²) in [7, 11) is 4.05. The molecule has 0 aromatic heterocycles. The summed E-state index contributed by atoms with van der Waals surface area (Å²) in [5.41, 5.74) is 0. The highest BCUT2D eigenvalue weighted by atomic mass is 33.1. The van der Waals surface area contributed by atoms with Crippen LogP contribution < -0.4 is 10.6 Å². The van der Waals surface area contributed by atoms with Crippen molar-refractivity contribution in [1.29, 1.82) is 0 Å². The average Bonchev–Trinajstić information content (AvgIpc) is 0.780. The Balaban J connectivity index is 0.620. The first-order valence-electron chi connectivity index (χ1n) is 41.9. The number of nitrogens with one attached hydrogen (secondary N) is 2. The van der Waals surface area contributed by atoms with Crippen molar-refractivity contribution < 1.29 is 178 Å². The van der Waals surface area contributed by atoms with Crippen LogP contribution in [-0.4, -0.2) is 402 Å². The van der Waals surface area contributed by atoms with E-state index < -0.39 is 224 Å². The van der Waals surface area contributed by atoms with Crippen molar-refractivity contribution in [2.24, 2.45) is 0 Å². The molecule has 38 nitrogen and oxygen atoms in total. The molecule has 6 aliphatic heterocycles. The van der Waals surface area contributed by atoms with Crippen LogP contribution in [0, 0.1) is 0 Å². The van der Waals surface area contributed by atoms with Crippen LogP contribution in [0.15, 0.2) is 0 Å². The first kappa shape index (κ1) is 103. The Morgan fingerprint density at radius 2 is 0.474 bits per heavy atom. The van der Waals surface area contributed by atoms with Gasteiger partial charge in [0.15, 0.2) is 37.7 Å². The van der Waals surface area contributed by atoms with E-state index in [1.165, 1.54) is 140 Å². The molecule has 6 heterocycles. The number of carbonyl (C=O) groups is 2. The van der Waals surface area contributed by atoms with Gasteiger partial charge in [0.1, 0.15) is 146 Å². The predicted molar refractivity (Wildman–Crippen MR) is 412 cm³/mol. The van der Waals surface area contributed by atoms with E-state index in [4.69, 9.17) is 66.3 Å². The zero-order valence-corrected chi connectivity index (χ0v) is 68.4. The predicted octanol–water partition coefficient (Wildman–Crippen LogP) is -3.51. The number of amides is 2. The average molecular weight is 1720 g/mol. The van der Waals surface area contributed by atoms with E-state index in [0.29, 0.717) is 12.8 Å². The van der Waals surface area contributed by atoms with Gasteiger partial charge in [-0.2, -0.15) is 0 Å². The summed E-state index contributed by atoms with van der Waals surface area (Å²) < 4.78 is 77.9. The molecule has 682 valence electrons. The topological polar surface area (TPSA) is 592 Å². The van der Waals surface area contributed by atoms with Crippen LogP contribution in [0.5, 0.6) is 0 Å². The molecule has 0 aromatic carbocycles. The minimum atomic E-state index is -1.95. The minimum absolute atomic E-state index is 0.0416. The molecule has 6 aliphatic rings. The van der Waals surface area contributed by atoms with Crippen molar-refractivity contribution in [2.75, 3.05) is 104 Å². The Hall–Kier alpha value is -1.72. The molecule has 40 heteroatoms. The third-order valence-electron chi connectivity index (χ3n) is 21.6. The zero-order valence-electron chi connectivity index (χ0n) is 66.7. The molecule has 0 spiro atoms. The fourth-order valence-electron chi connectivity index (χ4n) is 14.6. The molecular weight excluding hydrogens is 1580 g/mol. The van der Waals surface area contributed by atoms with E-state index in [-0.39, 0.29) is 64.5 Å². The van der Waals surface area contributed by atoms with Crippen molar-refractivity contribution in [1.82, 2.24) is 10.6 Å². The van der Waals surface area contributed by atoms with Crippen LogP contribution in [0.4, 0.5) is 0 Å². The lowest BCUT2D eigenvalue weighted by Gasteiger charge is -2.48. The van der Waals surface area contributed by atoms with Gasteiger partial charge < -0.3 is 179 Å². The highest BCUT2D eigenvalue weighted by Gasteiger charge is 2.56. The van der Waals surface area contributed by atoms with E-state index in [2.05, 4.69) is 10.6 Å². The molecular formula is C76H140N2O36S2. The summed E-state index contributed by atoms with van der Waals surface area (Å²) in [6, 6.07) is 0. The van der Waals surface area contributed by atoms with Gasteiger partial charge in [0.05, 0.1) is 79.3 Å². The summed E-state index contributed by atoms with van der Waals surface area (Å²) in [6.45, 7) is -3.88. The van der Waals surface area contributed by atoms with Gasteiger partial charge in [0, 0.05) is 37.4 Å². The van der Waals surface area contributed by atoms with Crippen molar-refractivity contribution in [3.63, 3.8) is 0 Å². The normalized spacial score (nSPS) is 35.8. The van der Waals surface area contributed by atoms with E-state index in [1.54, 1.807) is 0 Å². The Kier molecular flexibility index (Phi) is 52.0. The number of hydrogen-bond donors (Lipinski definition) is 22. The van der Waals surface area contributed by atoms with Crippen molar-refractivity contribution >= 4 is 33.4 Å². The lowest BCUT2D eigenvalue weighted by atomic mass is 9.96. The fourth-order valence-corrected chi connectivity index (χ4v) is 16.9. The monoisotopic (exact) mass is 1720 g/mol. The standard InChI is InChI=1S/C76H140N2O36S2/c79-39-45-53(87)55(89)61(95)73(105-45)111-69-49(43-83)109-75(65(99)59(69)93)113-67-47(41-81)107-71(63(97)57(67)91)103-35-33-101-31-29-77-51(85)27-23-19-15-11-7-3-1-5-9-13-17-21-25-37-115-116-38-26-22-18-14-10-6-2-4-8-12-16-20-24-28-52(86)78-30-32-102-34-36-104-72-64(98)58(92)68(48(42-82)108-72)114-76-66(100)60(94)70(50(44-84)110-76)112-74-62(96)56(90)54(88)46(40-80)106-74/h45-50,53-76,79-84,87-100H,1-44H2,(H,77,85)(H,78,86)/t45-,46-,47-,48-,49-,50-,53+,54+,55+,56+,57-,58-,59-,60-,61-,62-,63-,64-,65-,66-,67-,68-,69+,70+,71-,72-,73-,74-,75+,76+/m1/s1. The number of rotatable bonds is 61. The Morgan fingerprint density at radius 3 is 0.741 bits per heavy atom. The second kappa shape index (κ2) is 58.5. The molecule has 6 rings (SSSR count). The molecule has 0 saturated carbocycles. The zero-order chi connectivity index (χ0) is 84.3. The summed E-state index contributed by atoms with van der Waals surface area (Å²) in [6.07, 6.45) is -18.0. The molecule has 0 unspecified atom stereocenters. The lowest BCUT2D eigenvalue weighted by Crippen LogP contribution is -2.66. The summed E-state index contributed by atoms with van der Waals surface area (Å²) >= 11 is 0. The van der Waals surface area contributed by atoms with Gasteiger partial charge in [0.2, 0.25) is 11.8 Å². The fraction of sp³-hybridized carbons (Fsp3) is 0.974. The van der Waals surface area contributed by atoms with E-state index in [1.807, 2.05) is 21.6 Å². The molecule has 6 saturated heterocycles. The second-order valence-electron chi connectivity index (χ2n) is 30.6. The largest absolute Gasteiger partial charge is 0.394 e. The Bertz CT molecular complexity index is 2360. The van der Waals surface area contributed by atoms with E-state index >= 15 is 0 Å². The van der Waals surface area contributed by atoms with Crippen LogP contribution in [0.1, 0.15) is 180 Å². The van der Waals surface area contributed by atoms with E-state index in [0.717, 1.165) is 38.5 Å². The maximum Gasteiger partial charge on any atom is 0.220 e. The molecule has 0 aromatic rings. The second-order valence-corrected chi connectivity index (χ2v) is 33.3. The van der Waals surface area contributed by atoms with Crippen LogP contribution in [0.2, 0.25) is 0 Å². The minimum Gasteiger partial charge on any atom is -0.394 e. The van der Waals surface area contributed by atoms with Crippen molar-refractivity contribution in [2.45, 2.75) is 364 Å². The quantitative estimate of drug-likeness (QED) is 0.0207. The van der Waals surface area contributed by atoms with Gasteiger partial charge in [-0.25, -0.2) is 0 Å². The lowest BCUT2D eigenvalue weighted by molar-refractivity contribution is -0.379. The number of hydrogen-bond acceptors (Lipinski definition) is 38. The first-order valence-corrected chi connectivity index (χ1v) is 44.4. The van der Waals surface area contributed by atoms with Crippen LogP contribution in [-0.2, 0) is 75.9 Å².